The molecule has 0 amide bonds. The molecule has 20 heavy (non-hydrogen) atoms. The fraction of sp³-hybridized carbons (Fsp3) is 0.467. The number of nitrogens with zero attached hydrogens (tertiary/aromatic N) is 3. The fourth-order valence-electron chi connectivity index (χ4n) is 2.37. The minimum atomic E-state index is -0.663. The molecule has 0 aliphatic rings. The third kappa shape index (κ3) is 2.86. The Hall–Kier alpha value is -1.39. The molecule has 1 atom stereocenters. The van der Waals surface area contributed by atoms with Crippen LogP contribution in [0.15, 0.2) is 18.3 Å². The van der Waals surface area contributed by atoms with Crippen molar-refractivity contribution in [1.29, 1.82) is 0 Å². The van der Waals surface area contributed by atoms with Crippen LogP contribution in [0.3, 0.4) is 0 Å². The SMILES string of the molecule is CCc1cccnc1C(O)Cc1c(Cl)c(CC)nn1C. The number of aliphatic hydroxyl groups is 1. The quantitative estimate of drug-likeness (QED) is 0.922. The van der Waals surface area contributed by atoms with Gasteiger partial charge >= 0.3 is 0 Å². The molecule has 5 heteroatoms. The highest BCUT2D eigenvalue weighted by molar-refractivity contribution is 6.31. The molecule has 0 saturated carbocycles. The smallest absolute Gasteiger partial charge is 0.102 e. The summed E-state index contributed by atoms with van der Waals surface area (Å²) in [5.41, 5.74) is 3.51. The molecule has 2 aromatic rings. The van der Waals surface area contributed by atoms with E-state index >= 15 is 0 Å². The van der Waals surface area contributed by atoms with Crippen LogP contribution in [0.5, 0.6) is 0 Å². The predicted molar refractivity (Wildman–Crippen MR) is 79.9 cm³/mol. The Bertz CT molecular complexity index is 595. The van der Waals surface area contributed by atoms with Gasteiger partial charge in [0, 0.05) is 19.7 Å². The van der Waals surface area contributed by atoms with Crippen LogP contribution in [0.1, 0.15) is 42.6 Å². The maximum absolute atomic E-state index is 10.5. The molecule has 0 spiro atoms. The molecule has 0 aliphatic carbocycles. The van der Waals surface area contributed by atoms with Crippen LogP contribution in [0.25, 0.3) is 0 Å². The lowest BCUT2D eigenvalue weighted by Gasteiger charge is -2.14. The van der Waals surface area contributed by atoms with Gasteiger partial charge in [-0.25, -0.2) is 0 Å². The van der Waals surface area contributed by atoms with Crippen LogP contribution in [0, 0.1) is 0 Å². The van der Waals surface area contributed by atoms with Crippen molar-refractivity contribution in [3.05, 3.63) is 46.0 Å². The van der Waals surface area contributed by atoms with Gasteiger partial charge in [-0.15, -0.1) is 0 Å². The van der Waals surface area contributed by atoms with E-state index in [-0.39, 0.29) is 0 Å². The van der Waals surface area contributed by atoms with Gasteiger partial charge in [-0.05, 0) is 24.5 Å². The Balaban J connectivity index is 2.28. The molecule has 0 saturated heterocycles. The maximum atomic E-state index is 10.5. The second kappa shape index (κ2) is 6.37. The second-order valence-corrected chi connectivity index (χ2v) is 5.18. The topological polar surface area (TPSA) is 50.9 Å². The van der Waals surface area contributed by atoms with E-state index in [1.54, 1.807) is 10.9 Å². The molecular weight excluding hydrogens is 274 g/mol. The van der Waals surface area contributed by atoms with Crippen LogP contribution in [0.4, 0.5) is 0 Å². The first kappa shape index (κ1) is 15.0. The number of rotatable bonds is 5. The molecule has 0 radical (unpaired) electrons. The first-order valence-electron chi connectivity index (χ1n) is 6.90. The lowest BCUT2D eigenvalue weighted by atomic mass is 10.0. The van der Waals surface area contributed by atoms with Gasteiger partial charge in [0.2, 0.25) is 0 Å². The zero-order chi connectivity index (χ0) is 14.7. The number of aliphatic hydroxyl groups excluding tert-OH is 1. The van der Waals surface area contributed by atoms with Gasteiger partial charge in [0.1, 0.15) is 6.10 Å². The summed E-state index contributed by atoms with van der Waals surface area (Å²) in [6, 6.07) is 3.88. The summed E-state index contributed by atoms with van der Waals surface area (Å²) in [5.74, 6) is 0. The van der Waals surface area contributed by atoms with Crippen molar-refractivity contribution in [2.45, 2.75) is 39.2 Å². The van der Waals surface area contributed by atoms with E-state index in [1.165, 1.54) is 0 Å². The summed E-state index contributed by atoms with van der Waals surface area (Å²) in [6.45, 7) is 4.07. The Morgan fingerprint density at radius 1 is 1.35 bits per heavy atom. The van der Waals surface area contributed by atoms with Crippen LogP contribution >= 0.6 is 11.6 Å². The van der Waals surface area contributed by atoms with Crippen molar-refractivity contribution in [3.8, 4) is 0 Å². The molecule has 2 aromatic heterocycles. The van der Waals surface area contributed by atoms with E-state index in [9.17, 15) is 5.11 Å². The molecule has 1 N–H and O–H groups in total. The van der Waals surface area contributed by atoms with Crippen molar-refractivity contribution in [2.75, 3.05) is 0 Å². The van der Waals surface area contributed by atoms with Gasteiger partial charge in [0.25, 0.3) is 0 Å². The third-order valence-corrected chi connectivity index (χ3v) is 3.95. The van der Waals surface area contributed by atoms with Crippen molar-refractivity contribution in [3.63, 3.8) is 0 Å². The van der Waals surface area contributed by atoms with Crippen molar-refractivity contribution >= 4 is 11.6 Å². The summed E-state index contributed by atoms with van der Waals surface area (Å²) >= 11 is 6.32. The molecule has 2 heterocycles. The van der Waals surface area contributed by atoms with Crippen LogP contribution < -0.4 is 0 Å². The van der Waals surface area contributed by atoms with Crippen molar-refractivity contribution < 1.29 is 5.11 Å². The highest BCUT2D eigenvalue weighted by Gasteiger charge is 2.19. The van der Waals surface area contributed by atoms with Gasteiger partial charge in [-0.1, -0.05) is 31.5 Å². The Morgan fingerprint density at radius 3 is 2.70 bits per heavy atom. The molecule has 0 fully saturated rings. The van der Waals surface area contributed by atoms with Gasteiger partial charge in [-0.3, -0.25) is 9.67 Å². The number of halogens is 1. The van der Waals surface area contributed by atoms with Gasteiger partial charge in [0.15, 0.2) is 0 Å². The zero-order valence-corrected chi connectivity index (χ0v) is 12.9. The first-order chi connectivity index (χ1) is 9.58. The number of hydrogen-bond acceptors (Lipinski definition) is 3. The Morgan fingerprint density at radius 2 is 2.10 bits per heavy atom. The third-order valence-electron chi connectivity index (χ3n) is 3.51. The van der Waals surface area contributed by atoms with Crippen LogP contribution in [0.2, 0.25) is 5.02 Å². The largest absolute Gasteiger partial charge is 0.386 e. The second-order valence-electron chi connectivity index (χ2n) is 4.81. The fourth-order valence-corrected chi connectivity index (χ4v) is 2.74. The zero-order valence-electron chi connectivity index (χ0n) is 12.1. The summed E-state index contributed by atoms with van der Waals surface area (Å²) in [7, 11) is 1.85. The first-order valence-corrected chi connectivity index (χ1v) is 7.28. The van der Waals surface area contributed by atoms with Crippen LogP contribution in [-0.2, 0) is 26.3 Å². The monoisotopic (exact) mass is 293 g/mol. The number of hydrogen-bond donors (Lipinski definition) is 1. The number of pyridine rings is 1. The predicted octanol–water partition coefficient (Wildman–Crippen LogP) is 2.87. The minimum absolute atomic E-state index is 0.423. The Labute approximate surface area is 124 Å². The van der Waals surface area contributed by atoms with E-state index in [1.807, 2.05) is 26.1 Å². The lowest BCUT2D eigenvalue weighted by molar-refractivity contribution is 0.170. The highest BCUT2D eigenvalue weighted by atomic mass is 35.5. The molecule has 4 nitrogen and oxygen atoms in total. The van der Waals surface area contributed by atoms with Crippen molar-refractivity contribution in [1.82, 2.24) is 14.8 Å². The minimum Gasteiger partial charge on any atom is -0.386 e. The van der Waals surface area contributed by atoms with E-state index in [2.05, 4.69) is 17.0 Å². The summed E-state index contributed by atoms with van der Waals surface area (Å²) in [5, 5.41) is 15.5. The summed E-state index contributed by atoms with van der Waals surface area (Å²) in [4.78, 5) is 4.31. The van der Waals surface area contributed by atoms with E-state index < -0.39 is 6.10 Å². The van der Waals surface area contributed by atoms with E-state index in [4.69, 9.17) is 11.6 Å². The standard InChI is InChI=1S/C15H20ClN3O/c1-4-10-7-6-8-17-15(10)13(20)9-12-14(16)11(5-2)18-19(12)3/h6-8,13,20H,4-5,9H2,1-3H3. The molecule has 0 bridgehead atoms. The molecule has 0 aliphatic heterocycles. The van der Waals surface area contributed by atoms with Crippen molar-refractivity contribution in [2.24, 2.45) is 7.05 Å². The lowest BCUT2D eigenvalue weighted by Crippen LogP contribution is -2.10. The Kier molecular flexibility index (Phi) is 4.78. The van der Waals surface area contributed by atoms with Gasteiger partial charge < -0.3 is 5.11 Å². The molecule has 108 valence electrons. The number of aromatic nitrogens is 3. The maximum Gasteiger partial charge on any atom is 0.102 e. The van der Waals surface area contributed by atoms with E-state index in [0.717, 1.165) is 35.5 Å². The van der Waals surface area contributed by atoms with E-state index in [0.29, 0.717) is 11.4 Å². The van der Waals surface area contributed by atoms with Crippen LogP contribution in [-0.4, -0.2) is 19.9 Å². The normalized spacial score (nSPS) is 12.7. The summed E-state index contributed by atoms with van der Waals surface area (Å²) < 4.78 is 1.75. The highest BCUT2D eigenvalue weighted by Crippen LogP contribution is 2.26. The van der Waals surface area contributed by atoms with Gasteiger partial charge in [-0.2, -0.15) is 5.10 Å². The van der Waals surface area contributed by atoms with Gasteiger partial charge in [0.05, 0.1) is 22.1 Å². The number of aryl methyl sites for hydroxylation is 3. The molecule has 1 unspecified atom stereocenters. The molecule has 0 aromatic carbocycles. The summed E-state index contributed by atoms with van der Waals surface area (Å²) in [6.07, 6.45) is 3.10. The average molecular weight is 294 g/mol. The average Bonchev–Trinajstić information content (AvgIpc) is 2.74. The molecule has 2 rings (SSSR count). The molecular formula is C15H20ClN3O.